The van der Waals surface area contributed by atoms with E-state index < -0.39 is 23.5 Å². The van der Waals surface area contributed by atoms with Gasteiger partial charge in [0.25, 0.3) is 0 Å². The molecule has 1 saturated heterocycles. The Morgan fingerprint density at radius 3 is 2.38 bits per heavy atom. The minimum Gasteiger partial charge on any atom is -0.481 e. The molecule has 0 radical (unpaired) electrons. The predicted octanol–water partition coefficient (Wildman–Crippen LogP) is 0.490. The van der Waals surface area contributed by atoms with Crippen LogP contribution in [0.5, 0.6) is 0 Å². The molecule has 1 rings (SSSR count). The number of likely N-dealkylation sites (tertiary alicyclic amines) is 1. The molecule has 0 spiro atoms. The highest BCUT2D eigenvalue weighted by Crippen LogP contribution is 2.31. The SMILES string of the molecule is CSCCC(NC(N)=O)C(=O)N1CCC(C)(C(=O)O)CC1. The molecule has 4 N–H and O–H groups in total. The summed E-state index contributed by atoms with van der Waals surface area (Å²) in [5, 5.41) is 11.7. The number of rotatable bonds is 6. The summed E-state index contributed by atoms with van der Waals surface area (Å²) in [5.41, 5.74) is 4.33. The first kappa shape index (κ1) is 17.6. The third-order valence-corrected chi connectivity index (χ3v) is 4.56. The smallest absolute Gasteiger partial charge is 0.312 e. The number of carboxylic acid groups (broad SMARTS) is 1. The van der Waals surface area contributed by atoms with Crippen molar-refractivity contribution in [3.05, 3.63) is 0 Å². The molecule has 7 nitrogen and oxygen atoms in total. The number of carboxylic acids is 1. The summed E-state index contributed by atoms with van der Waals surface area (Å²) in [5.74, 6) is -0.281. The molecule has 0 aliphatic carbocycles. The molecule has 1 atom stereocenters. The maximum absolute atomic E-state index is 12.4. The molecule has 1 aliphatic heterocycles. The largest absolute Gasteiger partial charge is 0.481 e. The van der Waals surface area contributed by atoms with Gasteiger partial charge in [-0.15, -0.1) is 0 Å². The molecule has 3 amide bonds. The summed E-state index contributed by atoms with van der Waals surface area (Å²) in [6.07, 6.45) is 3.26. The van der Waals surface area contributed by atoms with Crippen LogP contribution in [0.1, 0.15) is 26.2 Å². The number of nitrogens with zero attached hydrogens (tertiary/aromatic N) is 1. The van der Waals surface area contributed by atoms with E-state index in [1.807, 2.05) is 6.26 Å². The van der Waals surface area contributed by atoms with Crippen LogP contribution in [0.2, 0.25) is 0 Å². The van der Waals surface area contributed by atoms with E-state index in [0.717, 1.165) is 5.75 Å². The van der Waals surface area contributed by atoms with Crippen LogP contribution in [0, 0.1) is 5.41 Å². The van der Waals surface area contributed by atoms with E-state index in [-0.39, 0.29) is 5.91 Å². The number of hydrogen-bond acceptors (Lipinski definition) is 4. The van der Waals surface area contributed by atoms with Gasteiger partial charge in [0.1, 0.15) is 6.04 Å². The highest BCUT2D eigenvalue weighted by atomic mass is 32.2. The zero-order chi connectivity index (χ0) is 16.0. The monoisotopic (exact) mass is 317 g/mol. The molecule has 120 valence electrons. The summed E-state index contributed by atoms with van der Waals surface area (Å²) in [6, 6.07) is -1.36. The van der Waals surface area contributed by atoms with Crippen molar-refractivity contribution in [2.75, 3.05) is 25.1 Å². The fourth-order valence-corrected chi connectivity index (χ4v) is 2.79. The fraction of sp³-hybridized carbons (Fsp3) is 0.769. The average molecular weight is 317 g/mol. The minimum absolute atomic E-state index is 0.185. The zero-order valence-corrected chi connectivity index (χ0v) is 13.2. The number of amides is 3. The van der Waals surface area contributed by atoms with Crippen LogP contribution in [0.3, 0.4) is 0 Å². The topological polar surface area (TPSA) is 113 Å². The van der Waals surface area contributed by atoms with E-state index >= 15 is 0 Å². The second-order valence-corrected chi connectivity index (χ2v) is 6.52. The maximum Gasteiger partial charge on any atom is 0.312 e. The van der Waals surface area contributed by atoms with Gasteiger partial charge in [0.05, 0.1) is 5.41 Å². The fourth-order valence-electron chi connectivity index (χ4n) is 2.32. The van der Waals surface area contributed by atoms with Crippen LogP contribution in [-0.4, -0.2) is 59.1 Å². The van der Waals surface area contributed by atoms with Crippen molar-refractivity contribution >= 4 is 29.7 Å². The second-order valence-electron chi connectivity index (χ2n) is 5.53. The molecule has 0 aromatic rings. The highest BCUT2D eigenvalue weighted by molar-refractivity contribution is 7.98. The Balaban J connectivity index is 2.64. The lowest BCUT2D eigenvalue weighted by atomic mass is 9.80. The summed E-state index contributed by atoms with van der Waals surface area (Å²) in [4.78, 5) is 36.2. The number of nitrogens with two attached hydrogens (primary N) is 1. The highest BCUT2D eigenvalue weighted by Gasteiger charge is 2.39. The van der Waals surface area contributed by atoms with Crippen molar-refractivity contribution in [1.82, 2.24) is 10.2 Å². The maximum atomic E-state index is 12.4. The molecule has 8 heteroatoms. The van der Waals surface area contributed by atoms with Crippen molar-refractivity contribution in [3.8, 4) is 0 Å². The first-order valence-electron chi connectivity index (χ1n) is 6.87. The molecule has 21 heavy (non-hydrogen) atoms. The van der Waals surface area contributed by atoms with E-state index in [0.29, 0.717) is 32.4 Å². The van der Waals surface area contributed by atoms with E-state index in [1.54, 1.807) is 23.6 Å². The average Bonchev–Trinajstić information content (AvgIpc) is 2.43. The lowest BCUT2D eigenvalue weighted by Crippen LogP contribution is -2.53. The number of urea groups is 1. The van der Waals surface area contributed by atoms with Crippen LogP contribution in [0.15, 0.2) is 0 Å². The lowest BCUT2D eigenvalue weighted by molar-refractivity contribution is -0.153. The molecule has 1 unspecified atom stereocenters. The second kappa shape index (κ2) is 7.53. The van der Waals surface area contributed by atoms with Gasteiger partial charge < -0.3 is 21.1 Å². The van der Waals surface area contributed by atoms with E-state index in [4.69, 9.17) is 5.73 Å². The minimum atomic E-state index is -0.830. The number of thioether (sulfide) groups is 1. The molecule has 1 aliphatic rings. The number of nitrogens with one attached hydrogen (secondary N) is 1. The van der Waals surface area contributed by atoms with E-state index in [9.17, 15) is 19.5 Å². The van der Waals surface area contributed by atoms with Gasteiger partial charge >= 0.3 is 12.0 Å². The molecule has 1 heterocycles. The quantitative estimate of drug-likeness (QED) is 0.660. The number of hydrogen-bond donors (Lipinski definition) is 3. The standard InChI is InChI=1S/C13H23N3O4S/c1-13(11(18)19)4-6-16(7-5-13)10(17)9(3-8-21-2)15-12(14)20/h9H,3-8H2,1-2H3,(H,18,19)(H3,14,15,20). The molecule has 0 saturated carbocycles. The Bertz CT molecular complexity index is 408. The molecule has 0 aromatic heterocycles. The van der Waals surface area contributed by atoms with Gasteiger partial charge in [0, 0.05) is 13.1 Å². The number of piperidine rings is 1. The summed E-state index contributed by atoms with van der Waals surface area (Å²) >= 11 is 1.58. The van der Waals surface area contributed by atoms with Crippen LogP contribution in [0.25, 0.3) is 0 Å². The molecule has 0 aromatic carbocycles. The first-order valence-corrected chi connectivity index (χ1v) is 8.26. The Morgan fingerprint density at radius 1 is 1.38 bits per heavy atom. The number of carbonyl (C=O) groups is 3. The van der Waals surface area contributed by atoms with Gasteiger partial charge in [-0.25, -0.2) is 4.79 Å². The Kier molecular flexibility index (Phi) is 6.32. The molecular formula is C13H23N3O4S. The van der Waals surface area contributed by atoms with Gasteiger partial charge in [-0.3, -0.25) is 9.59 Å². The zero-order valence-electron chi connectivity index (χ0n) is 12.4. The van der Waals surface area contributed by atoms with Crippen molar-refractivity contribution in [2.45, 2.75) is 32.2 Å². The van der Waals surface area contributed by atoms with Crippen LogP contribution in [-0.2, 0) is 9.59 Å². The van der Waals surface area contributed by atoms with Gasteiger partial charge in [-0.2, -0.15) is 11.8 Å². The van der Waals surface area contributed by atoms with Crippen LogP contribution >= 0.6 is 11.8 Å². The number of aliphatic carboxylic acids is 1. The summed E-state index contributed by atoms with van der Waals surface area (Å²) < 4.78 is 0. The molecule has 0 bridgehead atoms. The van der Waals surface area contributed by atoms with Crippen molar-refractivity contribution < 1.29 is 19.5 Å². The van der Waals surface area contributed by atoms with E-state index in [2.05, 4.69) is 5.32 Å². The summed E-state index contributed by atoms with van der Waals surface area (Å²) in [7, 11) is 0. The van der Waals surface area contributed by atoms with Crippen LogP contribution in [0.4, 0.5) is 4.79 Å². The van der Waals surface area contributed by atoms with Gasteiger partial charge in [0.2, 0.25) is 5.91 Å². The Morgan fingerprint density at radius 2 is 1.95 bits per heavy atom. The lowest BCUT2D eigenvalue weighted by Gasteiger charge is -2.37. The Labute approximate surface area is 128 Å². The van der Waals surface area contributed by atoms with Crippen molar-refractivity contribution in [3.63, 3.8) is 0 Å². The summed E-state index contributed by atoms with van der Waals surface area (Å²) in [6.45, 7) is 2.47. The molecular weight excluding hydrogens is 294 g/mol. The van der Waals surface area contributed by atoms with E-state index in [1.165, 1.54) is 0 Å². The third-order valence-electron chi connectivity index (χ3n) is 3.92. The van der Waals surface area contributed by atoms with Gasteiger partial charge in [-0.1, -0.05) is 0 Å². The molecule has 1 fully saturated rings. The predicted molar refractivity (Wildman–Crippen MR) is 81.1 cm³/mol. The van der Waals surface area contributed by atoms with Crippen LogP contribution < -0.4 is 11.1 Å². The Hall–Kier alpha value is -1.44. The number of primary amides is 1. The first-order chi connectivity index (χ1) is 9.80. The van der Waals surface area contributed by atoms with Gasteiger partial charge in [0.15, 0.2) is 0 Å². The number of carbonyl (C=O) groups excluding carboxylic acids is 2. The van der Waals surface area contributed by atoms with Crippen molar-refractivity contribution in [1.29, 1.82) is 0 Å². The van der Waals surface area contributed by atoms with Crippen molar-refractivity contribution in [2.24, 2.45) is 11.1 Å². The third kappa shape index (κ3) is 4.80. The van der Waals surface area contributed by atoms with Gasteiger partial charge in [-0.05, 0) is 38.2 Å². The normalized spacial score (nSPS) is 18.9.